The van der Waals surface area contributed by atoms with Crippen LogP contribution in [0.2, 0.25) is 0 Å². The maximum atomic E-state index is 13.8. The highest BCUT2D eigenvalue weighted by Crippen LogP contribution is 2.30. The molecule has 1 heterocycles. The lowest BCUT2D eigenvalue weighted by Gasteiger charge is -2.10. The van der Waals surface area contributed by atoms with Gasteiger partial charge in [0, 0.05) is 35.3 Å². The lowest BCUT2D eigenvalue weighted by molar-refractivity contribution is -0.137. The Hall–Kier alpha value is -3.79. The van der Waals surface area contributed by atoms with Gasteiger partial charge in [0.05, 0.1) is 17.5 Å². The number of hydrogen-bond acceptors (Lipinski definition) is 2. The van der Waals surface area contributed by atoms with E-state index in [9.17, 15) is 22.0 Å². The van der Waals surface area contributed by atoms with Gasteiger partial charge >= 0.3 is 6.18 Å². The van der Waals surface area contributed by atoms with Crippen LogP contribution in [0.25, 0.3) is 10.9 Å². The summed E-state index contributed by atoms with van der Waals surface area (Å²) in [7, 11) is 0. The molecule has 0 amide bonds. The summed E-state index contributed by atoms with van der Waals surface area (Å²) in [5, 5.41) is 7.48. The Morgan fingerprint density at radius 1 is 1.00 bits per heavy atom. The van der Waals surface area contributed by atoms with Gasteiger partial charge in [0.15, 0.2) is 5.11 Å². The smallest absolute Gasteiger partial charge is 0.342 e. The first-order chi connectivity index (χ1) is 16.2. The molecule has 174 valence electrons. The zero-order valence-corrected chi connectivity index (χ0v) is 18.2. The van der Waals surface area contributed by atoms with Crippen molar-refractivity contribution in [2.75, 3.05) is 5.32 Å². The van der Waals surface area contributed by atoms with Crippen LogP contribution in [0.4, 0.5) is 27.6 Å². The number of fused-ring (bicyclic) bond motifs is 1. The van der Waals surface area contributed by atoms with E-state index in [0.717, 1.165) is 35.2 Å². The summed E-state index contributed by atoms with van der Waals surface area (Å²) in [6.07, 6.45) is -1.15. The van der Waals surface area contributed by atoms with E-state index in [1.54, 1.807) is 12.3 Å². The number of rotatable bonds is 5. The summed E-state index contributed by atoms with van der Waals surface area (Å²) >= 11 is 5.08. The highest BCUT2D eigenvalue weighted by Gasteiger charge is 2.30. The van der Waals surface area contributed by atoms with Gasteiger partial charge in [-0.05, 0) is 48.1 Å². The van der Waals surface area contributed by atoms with E-state index in [2.05, 4.69) is 15.8 Å². The Bertz CT molecular complexity index is 1380. The van der Waals surface area contributed by atoms with Crippen molar-refractivity contribution in [3.05, 3.63) is 101 Å². The molecule has 4 rings (SSSR count). The standard InChI is InChI=1S/C24H17F5N4S/c25-18-8-9-21(20(26)11-18)31-23(34)32-30-12-16-14-33(22-7-2-1-6-19(16)22)13-15-4-3-5-17(10-15)24(27,28)29/h1-12,14H,13H2,(H2,31,32,34). The quantitative estimate of drug-likeness (QED) is 0.150. The topological polar surface area (TPSA) is 41.4 Å². The number of aromatic nitrogens is 1. The fourth-order valence-corrected chi connectivity index (χ4v) is 3.62. The van der Waals surface area contributed by atoms with E-state index in [1.807, 2.05) is 28.8 Å². The van der Waals surface area contributed by atoms with E-state index in [-0.39, 0.29) is 17.3 Å². The van der Waals surface area contributed by atoms with Crippen LogP contribution in [0, 0.1) is 11.6 Å². The molecular formula is C24H17F5N4S. The van der Waals surface area contributed by atoms with Crippen molar-refractivity contribution in [2.45, 2.75) is 12.7 Å². The van der Waals surface area contributed by atoms with Gasteiger partial charge in [-0.25, -0.2) is 8.78 Å². The van der Waals surface area contributed by atoms with Gasteiger partial charge in [0.25, 0.3) is 0 Å². The van der Waals surface area contributed by atoms with Crippen molar-refractivity contribution in [1.29, 1.82) is 0 Å². The maximum absolute atomic E-state index is 13.8. The zero-order valence-electron chi connectivity index (χ0n) is 17.4. The number of alkyl halides is 3. The summed E-state index contributed by atoms with van der Waals surface area (Å²) in [6, 6.07) is 15.6. The van der Waals surface area contributed by atoms with Crippen molar-refractivity contribution < 1.29 is 22.0 Å². The van der Waals surface area contributed by atoms with Crippen LogP contribution in [0.5, 0.6) is 0 Å². The lowest BCUT2D eigenvalue weighted by atomic mass is 10.1. The SMILES string of the molecule is Fc1ccc(NC(=S)NN=Cc2cn(Cc3cccc(C(F)(F)F)c3)c3ccccc23)c(F)c1. The van der Waals surface area contributed by atoms with E-state index >= 15 is 0 Å². The lowest BCUT2D eigenvalue weighted by Crippen LogP contribution is -2.24. The van der Waals surface area contributed by atoms with Gasteiger partial charge in [-0.2, -0.15) is 18.3 Å². The molecule has 0 spiro atoms. The average Bonchev–Trinajstić information content (AvgIpc) is 3.13. The van der Waals surface area contributed by atoms with E-state index in [1.165, 1.54) is 18.3 Å². The van der Waals surface area contributed by atoms with Crippen molar-refractivity contribution in [1.82, 2.24) is 9.99 Å². The molecule has 0 aliphatic carbocycles. The summed E-state index contributed by atoms with van der Waals surface area (Å²) < 4.78 is 67.8. The van der Waals surface area contributed by atoms with E-state index in [0.29, 0.717) is 11.1 Å². The number of nitrogens with zero attached hydrogens (tertiary/aromatic N) is 2. The molecule has 4 aromatic rings. The van der Waals surface area contributed by atoms with Crippen LogP contribution in [-0.4, -0.2) is 15.9 Å². The largest absolute Gasteiger partial charge is 0.416 e. The molecule has 2 N–H and O–H groups in total. The minimum atomic E-state index is -4.42. The van der Waals surface area contributed by atoms with Crippen LogP contribution in [0.15, 0.2) is 78.0 Å². The summed E-state index contributed by atoms with van der Waals surface area (Å²) in [4.78, 5) is 0. The van der Waals surface area contributed by atoms with Gasteiger partial charge in [-0.1, -0.05) is 30.3 Å². The molecule has 34 heavy (non-hydrogen) atoms. The molecule has 1 aromatic heterocycles. The summed E-state index contributed by atoms with van der Waals surface area (Å²) in [5.74, 6) is -1.51. The number of thiocarbonyl (C=S) groups is 1. The second kappa shape index (κ2) is 9.60. The zero-order chi connectivity index (χ0) is 24.3. The number of hydrogen-bond donors (Lipinski definition) is 2. The number of halogens is 5. The fraction of sp³-hybridized carbons (Fsp3) is 0.0833. The summed E-state index contributed by atoms with van der Waals surface area (Å²) in [5.41, 5.74) is 3.87. The average molecular weight is 488 g/mol. The molecule has 0 saturated carbocycles. The first-order valence-electron chi connectivity index (χ1n) is 10.00. The van der Waals surface area contributed by atoms with Crippen LogP contribution in [-0.2, 0) is 12.7 Å². The molecule has 3 aromatic carbocycles. The predicted molar refractivity (Wildman–Crippen MR) is 126 cm³/mol. The third-order valence-corrected chi connectivity index (χ3v) is 5.17. The maximum Gasteiger partial charge on any atom is 0.416 e. The Morgan fingerprint density at radius 2 is 1.79 bits per heavy atom. The Kier molecular flexibility index (Phi) is 6.60. The molecule has 0 saturated heterocycles. The molecule has 10 heteroatoms. The van der Waals surface area contributed by atoms with E-state index < -0.39 is 23.4 Å². The molecule has 0 aliphatic rings. The fourth-order valence-electron chi connectivity index (χ4n) is 3.45. The predicted octanol–water partition coefficient (Wildman–Crippen LogP) is 6.31. The molecule has 0 unspecified atom stereocenters. The second-order valence-electron chi connectivity index (χ2n) is 7.38. The molecule has 0 bridgehead atoms. The first kappa shape index (κ1) is 23.4. The van der Waals surface area contributed by atoms with Crippen molar-refractivity contribution >= 4 is 40.1 Å². The highest BCUT2D eigenvalue weighted by atomic mass is 32.1. The van der Waals surface area contributed by atoms with Gasteiger partial charge < -0.3 is 9.88 Å². The van der Waals surface area contributed by atoms with Gasteiger partial charge in [0.1, 0.15) is 11.6 Å². The Labute approximate surface area is 196 Å². The normalized spacial score (nSPS) is 11.8. The monoisotopic (exact) mass is 488 g/mol. The van der Waals surface area contributed by atoms with Crippen LogP contribution in [0.3, 0.4) is 0 Å². The number of nitrogens with one attached hydrogen (secondary N) is 2. The molecular weight excluding hydrogens is 471 g/mol. The third kappa shape index (κ3) is 5.40. The van der Waals surface area contributed by atoms with Crippen molar-refractivity contribution in [3.63, 3.8) is 0 Å². The first-order valence-corrected chi connectivity index (χ1v) is 10.4. The number of benzene rings is 3. The Balaban J connectivity index is 1.52. The minimum Gasteiger partial charge on any atom is -0.342 e. The highest BCUT2D eigenvalue weighted by molar-refractivity contribution is 7.80. The Morgan fingerprint density at radius 3 is 2.56 bits per heavy atom. The molecule has 0 atom stereocenters. The minimum absolute atomic E-state index is 0.00513. The second-order valence-corrected chi connectivity index (χ2v) is 7.78. The number of para-hydroxylation sites is 1. The van der Waals surface area contributed by atoms with Crippen LogP contribution in [0.1, 0.15) is 16.7 Å². The van der Waals surface area contributed by atoms with Gasteiger partial charge in [0.2, 0.25) is 0 Å². The van der Waals surface area contributed by atoms with Crippen molar-refractivity contribution in [2.24, 2.45) is 5.10 Å². The van der Waals surface area contributed by atoms with Crippen molar-refractivity contribution in [3.8, 4) is 0 Å². The molecule has 0 radical (unpaired) electrons. The molecule has 0 aliphatic heterocycles. The van der Waals surface area contributed by atoms with Gasteiger partial charge in [-0.3, -0.25) is 5.43 Å². The third-order valence-electron chi connectivity index (χ3n) is 4.98. The molecule has 0 fully saturated rings. The van der Waals surface area contributed by atoms with Crippen LogP contribution < -0.4 is 10.7 Å². The number of anilines is 1. The van der Waals surface area contributed by atoms with Crippen LogP contribution >= 0.6 is 12.2 Å². The van der Waals surface area contributed by atoms with E-state index in [4.69, 9.17) is 12.2 Å². The van der Waals surface area contributed by atoms with Gasteiger partial charge in [-0.15, -0.1) is 0 Å². The molecule has 4 nitrogen and oxygen atoms in total. The number of hydrazone groups is 1. The summed E-state index contributed by atoms with van der Waals surface area (Å²) in [6.45, 7) is 0.232.